The highest BCUT2D eigenvalue weighted by molar-refractivity contribution is 5.80. The molecule has 1 aromatic rings. The number of carbonyl (C=O) groups is 1. The smallest absolute Gasteiger partial charge is 0.247 e. The van der Waals surface area contributed by atoms with Gasteiger partial charge in [-0.1, -0.05) is 25.5 Å². The van der Waals surface area contributed by atoms with E-state index in [-0.39, 0.29) is 23.4 Å². The van der Waals surface area contributed by atoms with Gasteiger partial charge in [-0.2, -0.15) is 0 Å². The molecule has 1 unspecified atom stereocenters. The van der Waals surface area contributed by atoms with Crippen LogP contribution in [-0.4, -0.2) is 69.0 Å². The average molecular weight is 379 g/mol. The molecule has 1 aliphatic rings. The van der Waals surface area contributed by atoms with Crippen molar-refractivity contribution in [1.29, 1.82) is 0 Å². The highest BCUT2D eigenvalue weighted by atomic mass is 16.2. The van der Waals surface area contributed by atoms with Crippen LogP contribution in [0.1, 0.15) is 65.6 Å². The number of amides is 1. The van der Waals surface area contributed by atoms with Crippen LogP contribution in [0.15, 0.2) is 6.20 Å². The maximum atomic E-state index is 13.3. The Labute approximate surface area is 164 Å². The summed E-state index contributed by atoms with van der Waals surface area (Å²) in [7, 11) is 0. The van der Waals surface area contributed by atoms with E-state index in [0.29, 0.717) is 6.54 Å². The van der Waals surface area contributed by atoms with Gasteiger partial charge in [-0.25, -0.2) is 4.68 Å². The molecule has 1 fully saturated rings. The maximum absolute atomic E-state index is 13.3. The molecular formula is C20H38N6O. The summed E-state index contributed by atoms with van der Waals surface area (Å²) in [6.07, 6.45) is 5.74. The van der Waals surface area contributed by atoms with Gasteiger partial charge in [0.05, 0.1) is 5.69 Å². The Morgan fingerprint density at radius 1 is 1.22 bits per heavy atom. The fourth-order valence-electron chi connectivity index (χ4n) is 3.64. The Morgan fingerprint density at radius 3 is 2.44 bits per heavy atom. The molecule has 0 saturated carbocycles. The van der Waals surface area contributed by atoms with Crippen molar-refractivity contribution in [3.63, 3.8) is 0 Å². The van der Waals surface area contributed by atoms with Gasteiger partial charge in [-0.15, -0.1) is 5.10 Å². The van der Waals surface area contributed by atoms with Crippen molar-refractivity contribution in [2.45, 2.75) is 71.9 Å². The lowest BCUT2D eigenvalue weighted by Crippen LogP contribution is -2.56. The Balaban J connectivity index is 2.07. The molecule has 0 aromatic carbocycles. The van der Waals surface area contributed by atoms with Gasteiger partial charge < -0.3 is 10.6 Å². The van der Waals surface area contributed by atoms with E-state index in [0.717, 1.165) is 57.6 Å². The minimum Gasteiger partial charge on any atom is -0.338 e. The largest absolute Gasteiger partial charge is 0.338 e. The predicted octanol–water partition coefficient (Wildman–Crippen LogP) is 2.09. The second kappa shape index (κ2) is 9.64. The summed E-state index contributed by atoms with van der Waals surface area (Å²) in [5.41, 5.74) is 6.66. The first kappa shape index (κ1) is 21.8. The number of aryl methyl sites for hydroxylation is 1. The van der Waals surface area contributed by atoms with Crippen molar-refractivity contribution in [2.24, 2.45) is 11.7 Å². The molecule has 1 aromatic heterocycles. The summed E-state index contributed by atoms with van der Waals surface area (Å²) in [5.74, 6) is 0.396. The lowest BCUT2D eigenvalue weighted by molar-refractivity contribution is -0.139. The molecule has 0 aliphatic carbocycles. The third-order valence-electron chi connectivity index (χ3n) is 5.71. The van der Waals surface area contributed by atoms with Gasteiger partial charge in [-0.3, -0.25) is 9.69 Å². The summed E-state index contributed by atoms with van der Waals surface area (Å²) >= 11 is 0. The van der Waals surface area contributed by atoms with Gasteiger partial charge in [0, 0.05) is 37.9 Å². The average Bonchev–Trinajstić information content (AvgIpc) is 3.09. The first-order valence-electron chi connectivity index (χ1n) is 10.4. The molecule has 1 saturated heterocycles. The van der Waals surface area contributed by atoms with Crippen LogP contribution in [0, 0.1) is 5.92 Å². The van der Waals surface area contributed by atoms with Crippen LogP contribution in [-0.2, 0) is 11.2 Å². The number of rotatable bonds is 8. The molecule has 0 radical (unpaired) electrons. The fraction of sp³-hybridized carbons (Fsp3) is 0.850. The van der Waals surface area contributed by atoms with Gasteiger partial charge in [-0.05, 0) is 52.5 Å². The predicted molar refractivity (Wildman–Crippen MR) is 108 cm³/mol. The number of aromatic nitrogens is 3. The number of piperazine rings is 1. The first-order chi connectivity index (χ1) is 12.8. The van der Waals surface area contributed by atoms with Gasteiger partial charge in [0.1, 0.15) is 6.04 Å². The molecule has 154 valence electrons. The van der Waals surface area contributed by atoms with E-state index in [2.05, 4.69) is 49.8 Å². The monoisotopic (exact) mass is 378 g/mol. The van der Waals surface area contributed by atoms with E-state index < -0.39 is 0 Å². The zero-order valence-corrected chi connectivity index (χ0v) is 17.8. The van der Waals surface area contributed by atoms with Crippen molar-refractivity contribution in [3.05, 3.63) is 11.9 Å². The molecule has 2 atom stereocenters. The van der Waals surface area contributed by atoms with Crippen LogP contribution in [0.4, 0.5) is 0 Å². The summed E-state index contributed by atoms with van der Waals surface area (Å²) in [6, 6.07) is -0.271. The standard InChI is InChI=1S/C20H38N6O/c1-6-16(2)18(26-15-17(22-23-26)9-7-8-10-21)19(27)24-11-13-25(14-12-24)20(3,4)5/h15-16,18H,6-14,21H2,1-5H3/t16?,18-/m0/s1. The topological polar surface area (TPSA) is 80.3 Å². The molecule has 7 heteroatoms. The Morgan fingerprint density at radius 2 is 1.89 bits per heavy atom. The number of hydrogen-bond acceptors (Lipinski definition) is 5. The van der Waals surface area contributed by atoms with E-state index in [1.165, 1.54) is 0 Å². The van der Waals surface area contributed by atoms with Gasteiger partial charge in [0.25, 0.3) is 0 Å². The molecule has 0 spiro atoms. The van der Waals surface area contributed by atoms with E-state index in [9.17, 15) is 4.79 Å². The lowest BCUT2D eigenvalue weighted by Gasteiger charge is -2.43. The van der Waals surface area contributed by atoms with Crippen molar-refractivity contribution in [2.75, 3.05) is 32.7 Å². The fourth-order valence-corrected chi connectivity index (χ4v) is 3.64. The number of carbonyl (C=O) groups excluding carboxylic acids is 1. The van der Waals surface area contributed by atoms with E-state index in [1.807, 2.05) is 11.1 Å². The van der Waals surface area contributed by atoms with Crippen LogP contribution in [0.3, 0.4) is 0 Å². The number of nitrogens with two attached hydrogens (primary N) is 1. The summed E-state index contributed by atoms with van der Waals surface area (Å²) in [6.45, 7) is 15.0. The Kier molecular flexibility index (Phi) is 7.79. The number of hydrogen-bond donors (Lipinski definition) is 1. The van der Waals surface area contributed by atoms with Crippen molar-refractivity contribution in [1.82, 2.24) is 24.8 Å². The third-order valence-corrected chi connectivity index (χ3v) is 5.71. The molecule has 0 bridgehead atoms. The molecule has 27 heavy (non-hydrogen) atoms. The number of nitrogens with zero attached hydrogens (tertiary/aromatic N) is 5. The summed E-state index contributed by atoms with van der Waals surface area (Å²) in [4.78, 5) is 17.8. The quantitative estimate of drug-likeness (QED) is 0.701. The van der Waals surface area contributed by atoms with Crippen molar-refractivity contribution in [3.8, 4) is 0 Å². The molecule has 1 aliphatic heterocycles. The molecule has 7 nitrogen and oxygen atoms in total. The van der Waals surface area contributed by atoms with Crippen LogP contribution in [0.5, 0.6) is 0 Å². The van der Waals surface area contributed by atoms with E-state index in [1.54, 1.807) is 4.68 Å². The van der Waals surface area contributed by atoms with Crippen LogP contribution >= 0.6 is 0 Å². The Hall–Kier alpha value is -1.47. The minimum absolute atomic E-state index is 0.148. The van der Waals surface area contributed by atoms with Crippen molar-refractivity contribution >= 4 is 5.91 Å². The van der Waals surface area contributed by atoms with Crippen LogP contribution in [0.2, 0.25) is 0 Å². The Bertz CT molecular complexity index is 586. The normalized spacial score (nSPS) is 18.5. The van der Waals surface area contributed by atoms with E-state index in [4.69, 9.17) is 5.73 Å². The summed E-state index contributed by atoms with van der Waals surface area (Å²) in [5, 5.41) is 8.60. The number of unbranched alkanes of at least 4 members (excludes halogenated alkanes) is 1. The van der Waals surface area contributed by atoms with E-state index >= 15 is 0 Å². The van der Waals surface area contributed by atoms with Crippen LogP contribution < -0.4 is 5.73 Å². The second-order valence-corrected chi connectivity index (χ2v) is 8.75. The molecular weight excluding hydrogens is 340 g/mol. The molecule has 2 N–H and O–H groups in total. The van der Waals surface area contributed by atoms with Gasteiger partial charge >= 0.3 is 0 Å². The highest BCUT2D eigenvalue weighted by Crippen LogP contribution is 2.25. The van der Waals surface area contributed by atoms with Gasteiger partial charge in [0.2, 0.25) is 5.91 Å². The minimum atomic E-state index is -0.271. The maximum Gasteiger partial charge on any atom is 0.247 e. The zero-order chi connectivity index (χ0) is 20.0. The second-order valence-electron chi connectivity index (χ2n) is 8.75. The van der Waals surface area contributed by atoms with Gasteiger partial charge in [0.15, 0.2) is 0 Å². The zero-order valence-electron chi connectivity index (χ0n) is 17.8. The molecule has 2 rings (SSSR count). The SMILES string of the molecule is CCC(C)[C@@H](C(=O)N1CCN(C(C)(C)C)CC1)n1cc(CCCCN)nn1. The van der Waals surface area contributed by atoms with Crippen LogP contribution in [0.25, 0.3) is 0 Å². The summed E-state index contributed by atoms with van der Waals surface area (Å²) < 4.78 is 1.80. The first-order valence-corrected chi connectivity index (χ1v) is 10.4. The lowest BCUT2D eigenvalue weighted by atomic mass is 9.97. The molecule has 1 amide bonds. The van der Waals surface area contributed by atoms with Crippen molar-refractivity contribution < 1.29 is 4.79 Å². The molecule has 2 heterocycles. The third kappa shape index (κ3) is 5.75. The highest BCUT2D eigenvalue weighted by Gasteiger charge is 2.34.